The molecule has 0 N–H and O–H groups in total. The van der Waals surface area contributed by atoms with Crippen molar-refractivity contribution < 1.29 is 28.6 Å². The van der Waals surface area contributed by atoms with Crippen LogP contribution < -0.4 is 4.74 Å². The molecule has 1 aliphatic heterocycles. The molecule has 0 aromatic heterocycles. The minimum absolute atomic E-state index is 0.0722. The number of hydrogen-bond acceptors (Lipinski definition) is 7. The van der Waals surface area contributed by atoms with Gasteiger partial charge in [0, 0.05) is 12.0 Å². The zero-order chi connectivity index (χ0) is 25.9. The van der Waals surface area contributed by atoms with E-state index in [2.05, 4.69) is 5.16 Å². The number of esters is 2. The van der Waals surface area contributed by atoms with E-state index in [-0.39, 0.29) is 12.8 Å². The Balaban J connectivity index is 1.82. The van der Waals surface area contributed by atoms with Gasteiger partial charge in [0.05, 0.1) is 12.1 Å². The van der Waals surface area contributed by atoms with Crippen LogP contribution in [0.25, 0.3) is 0 Å². The van der Waals surface area contributed by atoms with E-state index in [1.165, 1.54) is 0 Å². The van der Waals surface area contributed by atoms with Crippen LogP contribution in [0.15, 0.2) is 53.7 Å². The van der Waals surface area contributed by atoms with Crippen LogP contribution in [0.1, 0.15) is 71.1 Å². The highest BCUT2D eigenvalue weighted by atomic mass is 16.7. The molecule has 0 saturated heterocycles. The lowest BCUT2D eigenvalue weighted by Crippen LogP contribution is -2.46. The largest absolute Gasteiger partial charge is 0.489 e. The third kappa shape index (κ3) is 7.57. The molecule has 188 valence electrons. The molecule has 2 aromatic rings. The van der Waals surface area contributed by atoms with Crippen molar-refractivity contribution in [1.82, 2.24) is 0 Å². The average molecular weight is 482 g/mol. The van der Waals surface area contributed by atoms with Gasteiger partial charge in [-0.25, -0.2) is 4.79 Å². The molecule has 0 amide bonds. The quantitative estimate of drug-likeness (QED) is 0.485. The number of rotatable bonds is 7. The molecule has 1 atom stereocenters. The second-order valence-electron chi connectivity index (χ2n) is 10.9. The van der Waals surface area contributed by atoms with Crippen molar-refractivity contribution in [2.45, 2.75) is 84.7 Å². The predicted molar refractivity (Wildman–Crippen MR) is 133 cm³/mol. The summed E-state index contributed by atoms with van der Waals surface area (Å²) in [5.41, 5.74) is 0.255. The van der Waals surface area contributed by atoms with Gasteiger partial charge >= 0.3 is 11.9 Å². The van der Waals surface area contributed by atoms with Gasteiger partial charge in [-0.1, -0.05) is 35.5 Å². The topological polar surface area (TPSA) is 83.4 Å². The third-order valence-corrected chi connectivity index (χ3v) is 5.04. The number of aryl methyl sites for hydroxylation is 1. The summed E-state index contributed by atoms with van der Waals surface area (Å²) in [5.74, 6) is -0.535. The van der Waals surface area contributed by atoms with Crippen molar-refractivity contribution in [3.05, 3.63) is 65.2 Å². The lowest BCUT2D eigenvalue weighted by Gasteiger charge is -2.29. The van der Waals surface area contributed by atoms with E-state index in [1.807, 2.05) is 55.5 Å². The molecule has 0 aliphatic carbocycles. The van der Waals surface area contributed by atoms with Gasteiger partial charge in [-0.05, 0) is 77.8 Å². The van der Waals surface area contributed by atoms with E-state index in [4.69, 9.17) is 19.0 Å². The second-order valence-corrected chi connectivity index (χ2v) is 10.9. The van der Waals surface area contributed by atoms with Crippen molar-refractivity contribution in [2.75, 3.05) is 0 Å². The highest BCUT2D eigenvalue weighted by Gasteiger charge is 2.52. The molecule has 3 rings (SSSR count). The van der Waals surface area contributed by atoms with Crippen LogP contribution in [0.4, 0.5) is 0 Å². The number of hydrogen-bond donors (Lipinski definition) is 0. The Morgan fingerprint density at radius 3 is 2.26 bits per heavy atom. The Bertz CT molecular complexity index is 1090. The van der Waals surface area contributed by atoms with Crippen LogP contribution in [-0.2, 0) is 30.5 Å². The van der Waals surface area contributed by atoms with Crippen molar-refractivity contribution in [1.29, 1.82) is 0 Å². The second kappa shape index (κ2) is 10.1. The van der Waals surface area contributed by atoms with Crippen molar-refractivity contribution >= 4 is 17.7 Å². The standard InChI is InChI=1S/C28H35NO6/c1-19-13-21(15-22(14-19)32-18-20-11-9-8-10-12-20)23-16-28(35-29-23,25(31)34-27(5,6)7)17-24(30)33-26(2,3)4/h8-15H,16-18H2,1-7H3. The molecule has 7 nitrogen and oxygen atoms in total. The Morgan fingerprint density at radius 1 is 0.971 bits per heavy atom. The summed E-state index contributed by atoms with van der Waals surface area (Å²) < 4.78 is 17.1. The smallest absolute Gasteiger partial charge is 0.354 e. The van der Waals surface area contributed by atoms with E-state index >= 15 is 0 Å². The Kier molecular flexibility index (Phi) is 7.58. The van der Waals surface area contributed by atoms with E-state index in [9.17, 15) is 9.59 Å². The first-order chi connectivity index (χ1) is 16.2. The minimum Gasteiger partial charge on any atom is -0.489 e. The fourth-order valence-corrected chi connectivity index (χ4v) is 3.63. The van der Waals surface area contributed by atoms with Crippen LogP contribution in [0.5, 0.6) is 5.75 Å². The Morgan fingerprint density at radius 2 is 1.63 bits per heavy atom. The van der Waals surface area contributed by atoms with E-state index < -0.39 is 28.7 Å². The van der Waals surface area contributed by atoms with Crippen molar-refractivity contribution in [3.63, 3.8) is 0 Å². The number of ether oxygens (including phenoxy) is 3. The number of benzene rings is 2. The fraction of sp³-hybridized carbons (Fsp3) is 0.464. The van der Waals surface area contributed by atoms with Gasteiger partial charge in [-0.15, -0.1) is 0 Å². The number of nitrogens with zero attached hydrogens (tertiary/aromatic N) is 1. The number of carbonyl (C=O) groups is 2. The van der Waals surface area contributed by atoms with E-state index in [1.54, 1.807) is 41.5 Å². The molecule has 0 saturated carbocycles. The Hall–Kier alpha value is -3.35. The van der Waals surface area contributed by atoms with Crippen LogP contribution >= 0.6 is 0 Å². The van der Waals surface area contributed by atoms with Gasteiger partial charge in [0.15, 0.2) is 0 Å². The third-order valence-electron chi connectivity index (χ3n) is 5.04. The molecule has 35 heavy (non-hydrogen) atoms. The molecular weight excluding hydrogens is 446 g/mol. The monoisotopic (exact) mass is 481 g/mol. The molecule has 0 spiro atoms. The number of carbonyl (C=O) groups excluding carboxylic acids is 2. The van der Waals surface area contributed by atoms with Crippen LogP contribution in [0, 0.1) is 6.92 Å². The number of oxime groups is 1. The predicted octanol–water partition coefficient (Wildman–Crippen LogP) is 5.51. The summed E-state index contributed by atoms with van der Waals surface area (Å²) in [6.45, 7) is 13.0. The molecule has 0 bridgehead atoms. The van der Waals surface area contributed by atoms with Gasteiger partial charge in [0.25, 0.3) is 0 Å². The Labute approximate surface area is 207 Å². The first-order valence-electron chi connectivity index (χ1n) is 11.7. The molecule has 1 unspecified atom stereocenters. The molecule has 0 fully saturated rings. The van der Waals surface area contributed by atoms with E-state index in [0.29, 0.717) is 18.1 Å². The summed E-state index contributed by atoms with van der Waals surface area (Å²) in [6.07, 6.45) is -0.238. The first kappa shape index (κ1) is 26.3. The average Bonchev–Trinajstić information content (AvgIpc) is 3.15. The summed E-state index contributed by atoms with van der Waals surface area (Å²) in [6, 6.07) is 15.6. The molecular formula is C28H35NO6. The van der Waals surface area contributed by atoms with Crippen molar-refractivity contribution in [2.24, 2.45) is 5.16 Å². The van der Waals surface area contributed by atoms with Gasteiger partial charge in [-0.2, -0.15) is 0 Å². The maximum Gasteiger partial charge on any atom is 0.354 e. The van der Waals surface area contributed by atoms with Crippen LogP contribution in [0.2, 0.25) is 0 Å². The molecule has 1 aliphatic rings. The molecule has 1 heterocycles. The van der Waals surface area contributed by atoms with E-state index in [0.717, 1.165) is 16.7 Å². The molecule has 2 aromatic carbocycles. The van der Waals surface area contributed by atoms with Crippen LogP contribution in [-0.4, -0.2) is 34.5 Å². The highest BCUT2D eigenvalue weighted by Crippen LogP contribution is 2.35. The maximum absolute atomic E-state index is 13.2. The van der Waals surface area contributed by atoms with Crippen molar-refractivity contribution in [3.8, 4) is 5.75 Å². The zero-order valence-corrected chi connectivity index (χ0v) is 21.6. The first-order valence-corrected chi connectivity index (χ1v) is 11.7. The lowest BCUT2D eigenvalue weighted by atomic mass is 9.90. The fourth-order valence-electron chi connectivity index (χ4n) is 3.63. The highest BCUT2D eigenvalue weighted by molar-refractivity contribution is 6.06. The van der Waals surface area contributed by atoms with Crippen LogP contribution in [0.3, 0.4) is 0 Å². The normalized spacial score (nSPS) is 17.9. The lowest BCUT2D eigenvalue weighted by molar-refractivity contribution is -0.188. The van der Waals surface area contributed by atoms with Gasteiger partial charge in [-0.3, -0.25) is 4.79 Å². The molecule has 0 radical (unpaired) electrons. The van der Waals surface area contributed by atoms with Gasteiger partial charge < -0.3 is 19.0 Å². The van der Waals surface area contributed by atoms with Gasteiger partial charge in [0.1, 0.15) is 23.6 Å². The maximum atomic E-state index is 13.2. The minimum atomic E-state index is -1.60. The SMILES string of the molecule is Cc1cc(OCc2ccccc2)cc(C2=NOC(CC(=O)OC(C)(C)C)(C(=O)OC(C)(C)C)C2)c1. The summed E-state index contributed by atoms with van der Waals surface area (Å²) in [4.78, 5) is 31.6. The summed E-state index contributed by atoms with van der Waals surface area (Å²) in [7, 11) is 0. The van der Waals surface area contributed by atoms with Gasteiger partial charge in [0.2, 0.25) is 5.60 Å². The summed E-state index contributed by atoms with van der Waals surface area (Å²) >= 11 is 0. The molecule has 7 heteroatoms. The summed E-state index contributed by atoms with van der Waals surface area (Å²) in [5, 5.41) is 4.21. The zero-order valence-electron chi connectivity index (χ0n) is 21.6.